The van der Waals surface area contributed by atoms with Gasteiger partial charge in [0, 0.05) is 13.1 Å². The summed E-state index contributed by atoms with van der Waals surface area (Å²) in [5, 5.41) is 0. The van der Waals surface area contributed by atoms with Gasteiger partial charge >= 0.3 is 0 Å². The second-order valence-electron chi connectivity index (χ2n) is 7.36. The summed E-state index contributed by atoms with van der Waals surface area (Å²) >= 11 is 0. The van der Waals surface area contributed by atoms with E-state index in [-0.39, 0.29) is 0 Å². The summed E-state index contributed by atoms with van der Waals surface area (Å²) < 4.78 is 6.25. The molecule has 0 saturated carbocycles. The topological polar surface area (TPSA) is 15.7 Å². The molecule has 0 aliphatic heterocycles. The van der Waals surface area contributed by atoms with Crippen molar-refractivity contribution in [2.24, 2.45) is 0 Å². The summed E-state index contributed by atoms with van der Waals surface area (Å²) in [6.45, 7) is 6.51. The molecule has 0 aliphatic rings. The van der Waals surface area contributed by atoms with E-state index in [0.717, 1.165) is 13.1 Å². The van der Waals surface area contributed by atoms with Gasteiger partial charge in [0.1, 0.15) is 0 Å². The zero-order chi connectivity index (χ0) is 16.8. The molecule has 0 aromatic carbocycles. The van der Waals surface area contributed by atoms with Crippen LogP contribution in [0.2, 0.25) is 0 Å². The molecule has 1 atom stereocenters. The van der Waals surface area contributed by atoms with E-state index in [4.69, 9.17) is 4.74 Å². The molecule has 0 aromatic rings. The van der Waals surface area contributed by atoms with E-state index in [1.165, 1.54) is 57.8 Å². The molecule has 22 heavy (non-hydrogen) atoms. The van der Waals surface area contributed by atoms with E-state index in [9.17, 15) is 0 Å². The lowest BCUT2D eigenvalue weighted by molar-refractivity contribution is -0.0291. The molecule has 1 unspecified atom stereocenters. The van der Waals surface area contributed by atoms with Crippen LogP contribution in [-0.2, 0) is 4.74 Å². The van der Waals surface area contributed by atoms with Crippen molar-refractivity contribution >= 4 is 0 Å². The van der Waals surface area contributed by atoms with Gasteiger partial charge in [-0.3, -0.25) is 0 Å². The number of nitrogens with zero attached hydrogens (tertiary/aromatic N) is 2. The second-order valence-corrected chi connectivity index (χ2v) is 7.36. The Bertz CT molecular complexity index is 221. The van der Waals surface area contributed by atoms with Crippen LogP contribution >= 0.6 is 0 Å². The summed E-state index contributed by atoms with van der Waals surface area (Å²) in [6, 6.07) is 0. The highest BCUT2D eigenvalue weighted by Gasteiger charge is 2.15. The highest BCUT2D eigenvalue weighted by atomic mass is 16.5. The Morgan fingerprint density at radius 1 is 0.727 bits per heavy atom. The molecule has 0 fully saturated rings. The predicted octanol–water partition coefficient (Wildman–Crippen LogP) is 4.41. The Morgan fingerprint density at radius 3 is 1.64 bits per heavy atom. The Hall–Kier alpha value is -0.120. The minimum absolute atomic E-state index is 0.314. The second kappa shape index (κ2) is 14.5. The summed E-state index contributed by atoms with van der Waals surface area (Å²) in [4.78, 5) is 4.44. The van der Waals surface area contributed by atoms with Crippen LogP contribution in [0.5, 0.6) is 0 Å². The van der Waals surface area contributed by atoms with Crippen LogP contribution in [0.1, 0.15) is 71.6 Å². The lowest BCUT2D eigenvalue weighted by Crippen LogP contribution is -2.38. The summed E-state index contributed by atoms with van der Waals surface area (Å²) in [7, 11) is 8.48. The Morgan fingerprint density at radius 2 is 1.18 bits per heavy atom. The molecule has 0 radical (unpaired) electrons. The monoisotopic (exact) mass is 314 g/mol. The maximum absolute atomic E-state index is 6.25. The Kier molecular flexibility index (Phi) is 14.4. The largest absolute Gasteiger partial charge is 0.373 e. The SMILES string of the molecule is CCCCCCCCCCC(C)OC(CN(C)C)CN(C)C. The molecule has 0 saturated heterocycles. The fourth-order valence-electron chi connectivity index (χ4n) is 2.92. The lowest BCUT2D eigenvalue weighted by atomic mass is 10.1. The predicted molar refractivity (Wildman–Crippen MR) is 98.7 cm³/mol. The van der Waals surface area contributed by atoms with Crippen molar-refractivity contribution in [2.45, 2.75) is 83.8 Å². The summed E-state index contributed by atoms with van der Waals surface area (Å²) in [5.41, 5.74) is 0. The van der Waals surface area contributed by atoms with Crippen LogP contribution in [0.4, 0.5) is 0 Å². The average molecular weight is 315 g/mol. The molecule has 134 valence electrons. The minimum atomic E-state index is 0.314. The Balaban J connectivity index is 3.69. The van der Waals surface area contributed by atoms with Crippen molar-refractivity contribution in [1.29, 1.82) is 0 Å². The van der Waals surface area contributed by atoms with Crippen LogP contribution in [0.3, 0.4) is 0 Å². The van der Waals surface area contributed by atoms with Gasteiger partial charge < -0.3 is 14.5 Å². The first-order chi connectivity index (χ1) is 10.5. The van der Waals surface area contributed by atoms with Crippen LogP contribution < -0.4 is 0 Å². The number of hydrogen-bond acceptors (Lipinski definition) is 3. The standard InChI is InChI=1S/C19H42N2O/c1-7-8-9-10-11-12-13-14-15-18(2)22-19(16-20(3)4)17-21(5)6/h18-19H,7-17H2,1-6H3. The quantitative estimate of drug-likeness (QED) is 0.416. The van der Waals surface area contributed by atoms with E-state index in [2.05, 4.69) is 51.8 Å². The van der Waals surface area contributed by atoms with Crippen molar-refractivity contribution in [3.05, 3.63) is 0 Å². The molecule has 0 amide bonds. The number of likely N-dealkylation sites (N-methyl/N-ethyl adjacent to an activating group) is 2. The van der Waals surface area contributed by atoms with Gasteiger partial charge in [0.05, 0.1) is 12.2 Å². The van der Waals surface area contributed by atoms with E-state index in [1.807, 2.05) is 0 Å². The van der Waals surface area contributed by atoms with Gasteiger partial charge in [-0.2, -0.15) is 0 Å². The third-order valence-electron chi connectivity index (χ3n) is 4.03. The molecule has 0 rings (SSSR count). The highest BCUT2D eigenvalue weighted by molar-refractivity contribution is 4.67. The Labute approximate surface area is 140 Å². The van der Waals surface area contributed by atoms with Crippen LogP contribution in [-0.4, -0.2) is 63.3 Å². The van der Waals surface area contributed by atoms with Crippen LogP contribution in [0.25, 0.3) is 0 Å². The molecule has 0 spiro atoms. The molecular weight excluding hydrogens is 272 g/mol. The maximum atomic E-state index is 6.25. The fraction of sp³-hybridized carbons (Fsp3) is 1.00. The molecule has 3 heteroatoms. The molecule has 0 aromatic heterocycles. The molecule has 0 aliphatic carbocycles. The van der Waals surface area contributed by atoms with Crippen LogP contribution in [0, 0.1) is 0 Å². The first kappa shape index (κ1) is 21.9. The highest BCUT2D eigenvalue weighted by Crippen LogP contribution is 2.13. The van der Waals surface area contributed by atoms with Gasteiger partial charge in [0.25, 0.3) is 0 Å². The van der Waals surface area contributed by atoms with Gasteiger partial charge in [-0.15, -0.1) is 0 Å². The summed E-state index contributed by atoms with van der Waals surface area (Å²) in [6.07, 6.45) is 13.0. The van der Waals surface area contributed by atoms with Gasteiger partial charge in [-0.05, 0) is 41.5 Å². The molecule has 0 heterocycles. The van der Waals surface area contributed by atoms with Crippen molar-refractivity contribution < 1.29 is 4.74 Å². The molecule has 0 N–H and O–H groups in total. The zero-order valence-corrected chi connectivity index (χ0v) is 16.2. The zero-order valence-electron chi connectivity index (χ0n) is 16.2. The van der Waals surface area contributed by atoms with Crippen LogP contribution in [0.15, 0.2) is 0 Å². The number of hydrogen-bond donors (Lipinski definition) is 0. The fourth-order valence-corrected chi connectivity index (χ4v) is 2.92. The van der Waals surface area contributed by atoms with Crippen molar-refractivity contribution in [3.63, 3.8) is 0 Å². The number of ether oxygens (including phenoxy) is 1. The van der Waals surface area contributed by atoms with E-state index >= 15 is 0 Å². The first-order valence-electron chi connectivity index (χ1n) is 9.40. The number of rotatable bonds is 15. The molecule has 0 bridgehead atoms. The van der Waals surface area contributed by atoms with Gasteiger partial charge in [0.2, 0.25) is 0 Å². The lowest BCUT2D eigenvalue weighted by Gasteiger charge is -2.27. The van der Waals surface area contributed by atoms with Gasteiger partial charge in [-0.25, -0.2) is 0 Å². The smallest absolute Gasteiger partial charge is 0.0831 e. The van der Waals surface area contributed by atoms with E-state index < -0.39 is 0 Å². The average Bonchev–Trinajstić information content (AvgIpc) is 2.40. The molecule has 3 nitrogen and oxygen atoms in total. The van der Waals surface area contributed by atoms with E-state index in [0.29, 0.717) is 12.2 Å². The number of unbranched alkanes of at least 4 members (excludes halogenated alkanes) is 7. The van der Waals surface area contributed by atoms with Gasteiger partial charge in [0.15, 0.2) is 0 Å². The van der Waals surface area contributed by atoms with E-state index in [1.54, 1.807) is 0 Å². The van der Waals surface area contributed by atoms with Crippen molar-refractivity contribution in [1.82, 2.24) is 9.80 Å². The van der Waals surface area contributed by atoms with Crippen molar-refractivity contribution in [3.8, 4) is 0 Å². The summed E-state index contributed by atoms with van der Waals surface area (Å²) in [5.74, 6) is 0. The van der Waals surface area contributed by atoms with Gasteiger partial charge in [-0.1, -0.05) is 58.3 Å². The maximum Gasteiger partial charge on any atom is 0.0831 e. The molecular formula is C19H42N2O. The first-order valence-corrected chi connectivity index (χ1v) is 9.40. The minimum Gasteiger partial charge on any atom is -0.373 e. The third-order valence-corrected chi connectivity index (χ3v) is 4.03. The van der Waals surface area contributed by atoms with Crippen molar-refractivity contribution in [2.75, 3.05) is 41.3 Å². The normalized spacial score (nSPS) is 13.5. The third kappa shape index (κ3) is 14.8.